The third-order valence-electron chi connectivity index (χ3n) is 2.74. The fourth-order valence-electron chi connectivity index (χ4n) is 1.65. The van der Waals surface area contributed by atoms with E-state index in [2.05, 4.69) is 10.6 Å². The van der Waals surface area contributed by atoms with Crippen LogP contribution in [0.5, 0.6) is 0 Å². The molecule has 1 amide bonds. The molecular weight excluding hydrogens is 299 g/mol. The molecule has 0 aliphatic heterocycles. The van der Waals surface area contributed by atoms with Crippen molar-refractivity contribution < 1.29 is 9.53 Å². The molecule has 0 fully saturated rings. The number of hydrogen-bond donors (Lipinski definition) is 2. The lowest BCUT2D eigenvalue weighted by Crippen LogP contribution is -2.33. The molecule has 0 radical (unpaired) electrons. The highest BCUT2D eigenvalue weighted by Crippen LogP contribution is 2.21. The number of methoxy groups -OCH3 is 1. The zero-order valence-electron chi connectivity index (χ0n) is 11.5. The Kier molecular flexibility index (Phi) is 8.62. The molecule has 0 spiro atoms. The lowest BCUT2D eigenvalue weighted by atomic mass is 10.1. The summed E-state index contributed by atoms with van der Waals surface area (Å²) in [6.45, 7) is 2.80. The maximum atomic E-state index is 11.7. The summed E-state index contributed by atoms with van der Waals surface area (Å²) in [5.41, 5.74) is 0.935. The monoisotopic (exact) mass is 318 g/mol. The van der Waals surface area contributed by atoms with Crippen LogP contribution >= 0.6 is 23.2 Å². The molecule has 0 aliphatic rings. The molecule has 0 aromatic heterocycles. The molecule has 2 N–H and O–H groups in total. The fraction of sp³-hybridized carbons (Fsp3) is 0.500. The van der Waals surface area contributed by atoms with Gasteiger partial charge in [0, 0.05) is 43.2 Å². The van der Waals surface area contributed by atoms with Crippen molar-refractivity contribution in [2.75, 3.05) is 33.4 Å². The standard InChI is InChI=1S/C14H20Cl2N2O2/c1-20-9-8-17-6-7-18-14(19)5-3-11-2-4-12(15)10-13(11)16/h2,4,10,17H,3,5-9H2,1H3,(H,18,19). The first kappa shape index (κ1) is 17.2. The van der Waals surface area contributed by atoms with Crippen LogP contribution in [-0.2, 0) is 16.0 Å². The average Bonchev–Trinajstić information content (AvgIpc) is 2.41. The van der Waals surface area contributed by atoms with Crippen molar-refractivity contribution in [3.63, 3.8) is 0 Å². The number of amides is 1. The van der Waals surface area contributed by atoms with Crippen LogP contribution in [0.15, 0.2) is 18.2 Å². The molecule has 0 atom stereocenters. The molecule has 1 aromatic rings. The van der Waals surface area contributed by atoms with Crippen molar-refractivity contribution >= 4 is 29.1 Å². The molecule has 6 heteroatoms. The molecule has 0 saturated heterocycles. The maximum Gasteiger partial charge on any atom is 0.220 e. The number of nitrogens with one attached hydrogen (secondary N) is 2. The summed E-state index contributed by atoms with van der Waals surface area (Å²) >= 11 is 11.9. The largest absolute Gasteiger partial charge is 0.383 e. The third-order valence-corrected chi connectivity index (χ3v) is 3.33. The first-order valence-electron chi connectivity index (χ1n) is 6.53. The van der Waals surface area contributed by atoms with E-state index in [9.17, 15) is 4.79 Å². The number of rotatable bonds is 9. The van der Waals surface area contributed by atoms with Crippen LogP contribution in [-0.4, -0.2) is 39.3 Å². The minimum Gasteiger partial charge on any atom is -0.383 e. The predicted octanol–water partition coefficient (Wildman–Crippen LogP) is 2.28. The second-order valence-corrected chi connectivity index (χ2v) is 5.17. The lowest BCUT2D eigenvalue weighted by molar-refractivity contribution is -0.121. The van der Waals surface area contributed by atoms with Crippen molar-refractivity contribution in [2.45, 2.75) is 12.8 Å². The van der Waals surface area contributed by atoms with Crippen LogP contribution < -0.4 is 10.6 Å². The Labute approximate surface area is 129 Å². The maximum absolute atomic E-state index is 11.7. The van der Waals surface area contributed by atoms with Gasteiger partial charge in [-0.2, -0.15) is 0 Å². The van der Waals surface area contributed by atoms with Gasteiger partial charge in [-0.15, -0.1) is 0 Å². The minimum absolute atomic E-state index is 0.0181. The summed E-state index contributed by atoms with van der Waals surface area (Å²) < 4.78 is 4.90. The van der Waals surface area contributed by atoms with Crippen LogP contribution in [0.3, 0.4) is 0 Å². The highest BCUT2D eigenvalue weighted by Gasteiger charge is 2.05. The normalized spacial score (nSPS) is 10.6. The van der Waals surface area contributed by atoms with Crippen molar-refractivity contribution in [3.8, 4) is 0 Å². The van der Waals surface area contributed by atoms with Crippen molar-refractivity contribution in [3.05, 3.63) is 33.8 Å². The molecule has 1 rings (SSSR count). The van der Waals surface area contributed by atoms with E-state index in [0.29, 0.717) is 36.0 Å². The van der Waals surface area contributed by atoms with E-state index in [1.54, 1.807) is 19.2 Å². The molecule has 0 saturated carbocycles. The molecule has 0 heterocycles. The van der Waals surface area contributed by atoms with E-state index in [1.165, 1.54) is 0 Å². The molecular formula is C14H20Cl2N2O2. The number of carbonyl (C=O) groups is 1. The quantitative estimate of drug-likeness (QED) is 0.687. The first-order valence-corrected chi connectivity index (χ1v) is 7.29. The van der Waals surface area contributed by atoms with Gasteiger partial charge < -0.3 is 15.4 Å². The van der Waals surface area contributed by atoms with Crippen LogP contribution in [0.1, 0.15) is 12.0 Å². The van der Waals surface area contributed by atoms with Crippen molar-refractivity contribution in [2.24, 2.45) is 0 Å². The Morgan fingerprint density at radius 3 is 2.75 bits per heavy atom. The summed E-state index contributed by atoms with van der Waals surface area (Å²) in [5.74, 6) is 0.0181. The minimum atomic E-state index is 0.0181. The zero-order chi connectivity index (χ0) is 14.8. The number of benzene rings is 1. The predicted molar refractivity (Wildman–Crippen MR) is 82.5 cm³/mol. The summed E-state index contributed by atoms with van der Waals surface area (Å²) in [6.07, 6.45) is 1.03. The molecule has 0 unspecified atom stereocenters. The summed E-state index contributed by atoms with van der Waals surface area (Å²) in [4.78, 5) is 11.7. The smallest absolute Gasteiger partial charge is 0.220 e. The molecule has 4 nitrogen and oxygen atoms in total. The van der Waals surface area contributed by atoms with Gasteiger partial charge in [-0.25, -0.2) is 0 Å². The van der Waals surface area contributed by atoms with E-state index in [-0.39, 0.29) is 5.91 Å². The summed E-state index contributed by atoms with van der Waals surface area (Å²) in [7, 11) is 1.66. The van der Waals surface area contributed by atoms with Crippen molar-refractivity contribution in [1.82, 2.24) is 10.6 Å². The highest BCUT2D eigenvalue weighted by atomic mass is 35.5. The van der Waals surface area contributed by atoms with Gasteiger partial charge in [0.25, 0.3) is 0 Å². The van der Waals surface area contributed by atoms with Gasteiger partial charge >= 0.3 is 0 Å². The molecule has 1 aromatic carbocycles. The highest BCUT2D eigenvalue weighted by molar-refractivity contribution is 6.35. The van der Waals surface area contributed by atoms with Crippen LogP contribution in [0.4, 0.5) is 0 Å². The van der Waals surface area contributed by atoms with Crippen LogP contribution in [0.25, 0.3) is 0 Å². The van der Waals surface area contributed by atoms with E-state index in [4.69, 9.17) is 27.9 Å². The van der Waals surface area contributed by atoms with Gasteiger partial charge in [0.05, 0.1) is 6.61 Å². The molecule has 20 heavy (non-hydrogen) atoms. The lowest BCUT2D eigenvalue weighted by Gasteiger charge is -2.07. The fourth-order valence-corrected chi connectivity index (χ4v) is 2.15. The van der Waals surface area contributed by atoms with E-state index in [0.717, 1.165) is 18.7 Å². The second-order valence-electron chi connectivity index (χ2n) is 4.33. The SMILES string of the molecule is COCCNCCNC(=O)CCc1ccc(Cl)cc1Cl. The number of aryl methyl sites for hydroxylation is 1. The van der Waals surface area contributed by atoms with Gasteiger partial charge in [-0.3, -0.25) is 4.79 Å². The van der Waals surface area contributed by atoms with E-state index < -0.39 is 0 Å². The van der Waals surface area contributed by atoms with Gasteiger partial charge in [-0.1, -0.05) is 29.3 Å². The average molecular weight is 319 g/mol. The molecule has 0 bridgehead atoms. The first-order chi connectivity index (χ1) is 9.63. The van der Waals surface area contributed by atoms with E-state index >= 15 is 0 Å². The summed E-state index contributed by atoms with van der Waals surface area (Å²) in [6, 6.07) is 5.32. The Morgan fingerprint density at radius 2 is 2.05 bits per heavy atom. The van der Waals surface area contributed by atoms with Gasteiger partial charge in [0.2, 0.25) is 5.91 Å². The Bertz CT molecular complexity index is 428. The van der Waals surface area contributed by atoms with Gasteiger partial charge in [-0.05, 0) is 24.1 Å². The Morgan fingerprint density at radius 1 is 1.25 bits per heavy atom. The van der Waals surface area contributed by atoms with Crippen LogP contribution in [0.2, 0.25) is 10.0 Å². The van der Waals surface area contributed by atoms with Gasteiger partial charge in [0.15, 0.2) is 0 Å². The van der Waals surface area contributed by atoms with Crippen molar-refractivity contribution in [1.29, 1.82) is 0 Å². The Hall–Kier alpha value is -0.810. The molecule has 112 valence electrons. The molecule has 0 aliphatic carbocycles. The summed E-state index contributed by atoms with van der Waals surface area (Å²) in [5, 5.41) is 7.21. The van der Waals surface area contributed by atoms with E-state index in [1.807, 2.05) is 6.07 Å². The number of hydrogen-bond acceptors (Lipinski definition) is 3. The second kappa shape index (κ2) is 10.00. The number of ether oxygens (including phenoxy) is 1. The zero-order valence-corrected chi connectivity index (χ0v) is 13.1. The third kappa shape index (κ3) is 7.10. The van der Waals surface area contributed by atoms with Crippen LogP contribution in [0, 0.1) is 0 Å². The number of halogens is 2. The van der Waals surface area contributed by atoms with Gasteiger partial charge in [0.1, 0.15) is 0 Å². The number of carbonyl (C=O) groups excluding carboxylic acids is 1. The topological polar surface area (TPSA) is 50.4 Å². The Balaban J connectivity index is 2.16.